The van der Waals surface area contributed by atoms with Crippen LogP contribution in [0.5, 0.6) is 0 Å². The smallest absolute Gasteiger partial charge is 0.140 e. The lowest BCUT2D eigenvalue weighted by Gasteiger charge is -2.05. The zero-order valence-electron chi connectivity index (χ0n) is 8.31. The Bertz CT molecular complexity index is 529. The second-order valence-electron chi connectivity index (χ2n) is 3.18. The molecule has 0 aliphatic carbocycles. The van der Waals surface area contributed by atoms with Crippen LogP contribution in [-0.2, 0) is 0 Å². The molecule has 0 saturated carbocycles. The Morgan fingerprint density at radius 3 is 2.69 bits per heavy atom. The van der Waals surface area contributed by atoms with Crippen LogP contribution in [0.4, 0.5) is 11.4 Å². The van der Waals surface area contributed by atoms with Gasteiger partial charge in [0.2, 0.25) is 0 Å². The molecular formula is C12H8ClN3. The van der Waals surface area contributed by atoms with Gasteiger partial charge in [-0.3, -0.25) is 0 Å². The molecular weight excluding hydrogens is 222 g/mol. The van der Waals surface area contributed by atoms with Crippen LogP contribution in [0.1, 0.15) is 5.69 Å². The van der Waals surface area contributed by atoms with Crippen LogP contribution in [0, 0.1) is 11.3 Å². The molecule has 0 saturated heterocycles. The second-order valence-corrected chi connectivity index (χ2v) is 3.62. The first-order valence-corrected chi connectivity index (χ1v) is 5.04. The van der Waals surface area contributed by atoms with Crippen molar-refractivity contribution in [2.75, 3.05) is 5.32 Å². The van der Waals surface area contributed by atoms with Crippen LogP contribution in [0.3, 0.4) is 0 Å². The first-order chi connectivity index (χ1) is 7.78. The average Bonchev–Trinajstić information content (AvgIpc) is 2.30. The van der Waals surface area contributed by atoms with Crippen molar-refractivity contribution in [1.82, 2.24) is 4.98 Å². The number of hydrogen-bond acceptors (Lipinski definition) is 3. The van der Waals surface area contributed by atoms with Crippen molar-refractivity contribution in [2.24, 2.45) is 0 Å². The van der Waals surface area contributed by atoms with Crippen molar-refractivity contribution in [3.05, 3.63) is 53.3 Å². The molecule has 0 atom stereocenters. The molecule has 3 nitrogen and oxygen atoms in total. The van der Waals surface area contributed by atoms with Gasteiger partial charge in [0.1, 0.15) is 11.8 Å². The van der Waals surface area contributed by atoms with E-state index in [9.17, 15) is 0 Å². The summed E-state index contributed by atoms with van der Waals surface area (Å²) in [4.78, 5) is 3.96. The van der Waals surface area contributed by atoms with E-state index in [1.165, 1.54) is 0 Å². The van der Waals surface area contributed by atoms with Gasteiger partial charge in [0.05, 0.1) is 11.9 Å². The highest BCUT2D eigenvalue weighted by atomic mass is 35.5. The zero-order chi connectivity index (χ0) is 11.4. The predicted octanol–water partition coefficient (Wildman–Crippen LogP) is 3.35. The number of nitrogens with zero attached hydrogens (tertiary/aromatic N) is 2. The number of hydrogen-bond donors (Lipinski definition) is 1. The molecule has 0 fully saturated rings. The van der Waals surface area contributed by atoms with Gasteiger partial charge in [0.25, 0.3) is 0 Å². The Morgan fingerprint density at radius 2 is 2.06 bits per heavy atom. The van der Waals surface area contributed by atoms with E-state index in [1.807, 2.05) is 30.3 Å². The molecule has 2 aromatic rings. The van der Waals surface area contributed by atoms with Crippen LogP contribution in [0.15, 0.2) is 42.6 Å². The summed E-state index contributed by atoms with van der Waals surface area (Å²) in [5.74, 6) is 0. The maximum Gasteiger partial charge on any atom is 0.140 e. The summed E-state index contributed by atoms with van der Waals surface area (Å²) >= 11 is 5.86. The lowest BCUT2D eigenvalue weighted by Crippen LogP contribution is -1.91. The van der Waals surface area contributed by atoms with Crippen molar-refractivity contribution < 1.29 is 0 Å². The van der Waals surface area contributed by atoms with Crippen LogP contribution < -0.4 is 5.32 Å². The van der Waals surface area contributed by atoms with E-state index in [2.05, 4.69) is 10.3 Å². The molecule has 0 unspecified atom stereocenters. The van der Waals surface area contributed by atoms with Crippen LogP contribution in [-0.4, -0.2) is 4.98 Å². The van der Waals surface area contributed by atoms with Crippen LogP contribution >= 0.6 is 11.6 Å². The second kappa shape index (κ2) is 4.65. The fourth-order valence-electron chi connectivity index (χ4n) is 1.27. The highest BCUT2D eigenvalue weighted by Crippen LogP contribution is 2.19. The number of nitrogens with one attached hydrogen (secondary N) is 1. The van der Waals surface area contributed by atoms with Gasteiger partial charge < -0.3 is 5.32 Å². The summed E-state index contributed by atoms with van der Waals surface area (Å²) in [5, 5.41) is 12.4. The number of anilines is 2. The topological polar surface area (TPSA) is 48.7 Å². The third kappa shape index (κ3) is 2.50. The Kier molecular flexibility index (Phi) is 3.04. The third-order valence-corrected chi connectivity index (χ3v) is 2.23. The molecule has 0 aliphatic heterocycles. The van der Waals surface area contributed by atoms with Crippen molar-refractivity contribution in [2.45, 2.75) is 0 Å². The minimum atomic E-state index is 0.400. The average molecular weight is 230 g/mol. The fourth-order valence-corrected chi connectivity index (χ4v) is 1.46. The third-order valence-electron chi connectivity index (χ3n) is 1.99. The van der Waals surface area contributed by atoms with Gasteiger partial charge in [-0.15, -0.1) is 0 Å². The first-order valence-electron chi connectivity index (χ1n) is 4.67. The summed E-state index contributed by atoms with van der Waals surface area (Å²) in [6.45, 7) is 0. The van der Waals surface area contributed by atoms with Crippen LogP contribution in [0.25, 0.3) is 0 Å². The molecule has 0 radical (unpaired) electrons. The Labute approximate surface area is 98.3 Å². The van der Waals surface area contributed by atoms with Crippen molar-refractivity contribution >= 4 is 23.0 Å². The van der Waals surface area contributed by atoms with Crippen LogP contribution in [0.2, 0.25) is 5.02 Å². The molecule has 0 amide bonds. The summed E-state index contributed by atoms with van der Waals surface area (Å²) in [6, 6.07) is 12.8. The Hall–Kier alpha value is -2.05. The number of halogens is 1. The number of pyridine rings is 1. The molecule has 1 heterocycles. The Balaban J connectivity index is 2.18. The van der Waals surface area contributed by atoms with Gasteiger partial charge in [-0.1, -0.05) is 17.7 Å². The highest BCUT2D eigenvalue weighted by Gasteiger charge is 1.96. The van der Waals surface area contributed by atoms with Crippen molar-refractivity contribution in [1.29, 1.82) is 5.26 Å². The van der Waals surface area contributed by atoms with Gasteiger partial charge in [-0.05, 0) is 30.3 Å². The largest absolute Gasteiger partial charge is 0.354 e. The van der Waals surface area contributed by atoms with E-state index in [1.54, 1.807) is 18.3 Å². The summed E-state index contributed by atoms with van der Waals surface area (Å²) in [6.07, 6.45) is 1.61. The zero-order valence-corrected chi connectivity index (χ0v) is 9.07. The molecule has 78 valence electrons. The summed E-state index contributed by atoms with van der Waals surface area (Å²) in [7, 11) is 0. The number of rotatable bonds is 2. The Morgan fingerprint density at radius 1 is 1.19 bits per heavy atom. The van der Waals surface area contributed by atoms with E-state index in [0.29, 0.717) is 10.7 Å². The van der Waals surface area contributed by atoms with Gasteiger partial charge in [-0.2, -0.15) is 5.26 Å². The SMILES string of the molecule is N#Cc1ccc(Nc2cccc(Cl)c2)cn1. The predicted molar refractivity (Wildman–Crippen MR) is 63.7 cm³/mol. The first kappa shape index (κ1) is 10.5. The van der Waals surface area contributed by atoms with Gasteiger partial charge >= 0.3 is 0 Å². The van der Waals surface area contributed by atoms with Gasteiger partial charge in [0.15, 0.2) is 0 Å². The molecule has 2 rings (SSSR count). The standard InChI is InChI=1S/C12H8ClN3/c13-9-2-1-3-10(6-9)16-12-5-4-11(7-14)15-8-12/h1-6,8,16H. The molecule has 4 heteroatoms. The molecule has 0 aliphatic rings. The number of aromatic nitrogens is 1. The van der Waals surface area contributed by atoms with E-state index >= 15 is 0 Å². The minimum absolute atomic E-state index is 0.400. The van der Waals surface area contributed by atoms with E-state index < -0.39 is 0 Å². The van der Waals surface area contributed by atoms with Gasteiger partial charge in [-0.25, -0.2) is 4.98 Å². The number of benzene rings is 1. The van der Waals surface area contributed by atoms with Gasteiger partial charge in [0, 0.05) is 10.7 Å². The maximum absolute atomic E-state index is 8.60. The molecule has 1 N–H and O–H groups in total. The number of nitriles is 1. The monoisotopic (exact) mass is 229 g/mol. The normalized spacial score (nSPS) is 9.50. The molecule has 0 spiro atoms. The molecule has 16 heavy (non-hydrogen) atoms. The maximum atomic E-state index is 8.60. The highest BCUT2D eigenvalue weighted by molar-refractivity contribution is 6.30. The van der Waals surface area contributed by atoms with E-state index in [0.717, 1.165) is 11.4 Å². The molecule has 1 aromatic carbocycles. The summed E-state index contributed by atoms with van der Waals surface area (Å²) < 4.78 is 0. The van der Waals surface area contributed by atoms with E-state index in [4.69, 9.17) is 16.9 Å². The lowest BCUT2D eigenvalue weighted by molar-refractivity contribution is 1.26. The minimum Gasteiger partial charge on any atom is -0.354 e. The van der Waals surface area contributed by atoms with E-state index in [-0.39, 0.29) is 0 Å². The molecule has 1 aromatic heterocycles. The van der Waals surface area contributed by atoms with Crippen molar-refractivity contribution in [3.63, 3.8) is 0 Å². The molecule has 0 bridgehead atoms. The quantitative estimate of drug-likeness (QED) is 0.859. The fraction of sp³-hybridized carbons (Fsp3) is 0. The lowest BCUT2D eigenvalue weighted by atomic mass is 10.3. The summed E-state index contributed by atoms with van der Waals surface area (Å²) in [5.41, 5.74) is 2.11. The van der Waals surface area contributed by atoms with Crippen molar-refractivity contribution in [3.8, 4) is 6.07 Å².